The van der Waals surface area contributed by atoms with Crippen molar-refractivity contribution in [3.63, 3.8) is 0 Å². The van der Waals surface area contributed by atoms with Gasteiger partial charge in [-0.25, -0.2) is 32.4 Å². The quantitative estimate of drug-likeness (QED) is 0.105. The van der Waals surface area contributed by atoms with E-state index in [4.69, 9.17) is 16.5 Å². The summed E-state index contributed by atoms with van der Waals surface area (Å²) in [4.78, 5) is 12.4. The molecule has 0 atom stereocenters. The highest BCUT2D eigenvalue weighted by atomic mass is 32.1. The molecule has 10 heteroatoms. The van der Waals surface area contributed by atoms with Crippen LogP contribution in [0.2, 0.25) is 0 Å². The van der Waals surface area contributed by atoms with Gasteiger partial charge in [-0.05, 0) is 78.4 Å². The molecule has 4 nitrogen and oxygen atoms in total. The van der Waals surface area contributed by atoms with Crippen molar-refractivity contribution >= 4 is 70.6 Å². The first-order valence-corrected chi connectivity index (χ1v) is 16.7. The Labute approximate surface area is 283 Å². The lowest BCUT2D eigenvalue weighted by molar-refractivity contribution is 0.465. The predicted molar refractivity (Wildman–Crippen MR) is 190 cm³/mol. The molecule has 0 N–H and O–H groups in total. The van der Waals surface area contributed by atoms with Gasteiger partial charge in [-0.15, -0.1) is 22.7 Å². The SMILES string of the molecule is [C-]#[N+]c1c(F)c(F)c(-c2ccc(-n3c4ccc(-c5nc6ccccc6s5)cc4c4cc(-c5nc6ccccc6s5)ccc43)cc2)c(F)c1F. The maximum Gasteiger partial charge on any atom is 0.262 e. The van der Waals surface area contributed by atoms with E-state index in [1.54, 1.807) is 34.8 Å². The fourth-order valence-electron chi connectivity index (χ4n) is 6.31. The summed E-state index contributed by atoms with van der Waals surface area (Å²) in [6, 6.07) is 34.5. The topological polar surface area (TPSA) is 35.1 Å². The molecule has 0 aliphatic carbocycles. The Hall–Kier alpha value is -5.89. The summed E-state index contributed by atoms with van der Waals surface area (Å²) in [5.41, 5.74) is 3.98. The molecule has 0 spiro atoms. The van der Waals surface area contributed by atoms with Crippen LogP contribution in [-0.4, -0.2) is 14.5 Å². The number of thiazole rings is 2. The van der Waals surface area contributed by atoms with Gasteiger partial charge < -0.3 is 4.57 Å². The standard InChI is InChI=1S/C39H18F4N4S2/c1-44-37-35(42)33(40)32(34(41)36(37)43)20-10-14-23(15-11-20)47-28-16-12-21(38-45-26-6-2-4-8-30(26)48-38)18-24(28)25-19-22(13-17-29(25)47)39-46-27-7-3-5-9-31(27)49-39/h2-19H. The number of para-hydroxylation sites is 2. The van der Waals surface area contributed by atoms with Gasteiger partial charge in [0.2, 0.25) is 0 Å². The third-order valence-corrected chi connectivity index (χ3v) is 10.8. The first-order chi connectivity index (χ1) is 23.9. The first-order valence-electron chi connectivity index (χ1n) is 15.0. The number of rotatable bonds is 4. The number of fused-ring (bicyclic) bond motifs is 5. The second kappa shape index (κ2) is 11.1. The summed E-state index contributed by atoms with van der Waals surface area (Å²) in [6.45, 7) is 6.91. The van der Waals surface area contributed by atoms with Crippen LogP contribution in [0.1, 0.15) is 0 Å². The van der Waals surface area contributed by atoms with E-state index in [2.05, 4.69) is 29.1 Å². The maximum absolute atomic E-state index is 14.9. The lowest BCUT2D eigenvalue weighted by atomic mass is 10.0. The summed E-state index contributed by atoms with van der Waals surface area (Å²) in [5, 5.41) is 3.72. The Morgan fingerprint density at radius 2 is 1.02 bits per heavy atom. The Kier molecular flexibility index (Phi) is 6.62. The van der Waals surface area contributed by atoms with E-state index in [0.29, 0.717) is 5.69 Å². The zero-order valence-electron chi connectivity index (χ0n) is 25.0. The highest BCUT2D eigenvalue weighted by Gasteiger charge is 2.26. The second-order valence-corrected chi connectivity index (χ2v) is 13.5. The summed E-state index contributed by atoms with van der Waals surface area (Å²) < 4.78 is 63.0. The van der Waals surface area contributed by atoms with E-state index in [1.165, 1.54) is 12.1 Å². The molecule has 3 aromatic heterocycles. The van der Waals surface area contributed by atoms with Crippen molar-refractivity contribution in [2.45, 2.75) is 0 Å². The Morgan fingerprint density at radius 3 is 1.49 bits per heavy atom. The van der Waals surface area contributed by atoms with Gasteiger partial charge in [-0.3, -0.25) is 0 Å². The Morgan fingerprint density at radius 1 is 0.551 bits per heavy atom. The van der Waals surface area contributed by atoms with Crippen LogP contribution in [0.3, 0.4) is 0 Å². The minimum absolute atomic E-state index is 0.0647. The molecule has 0 unspecified atom stereocenters. The number of benzene rings is 6. The van der Waals surface area contributed by atoms with Gasteiger partial charge in [0.1, 0.15) is 10.0 Å². The third kappa shape index (κ3) is 4.54. The van der Waals surface area contributed by atoms with Gasteiger partial charge >= 0.3 is 0 Å². The molecule has 49 heavy (non-hydrogen) atoms. The lowest BCUT2D eigenvalue weighted by Crippen LogP contribution is -2.00. The van der Waals surface area contributed by atoms with Crippen molar-refractivity contribution in [3.8, 4) is 38.0 Å². The fourth-order valence-corrected chi connectivity index (χ4v) is 8.23. The summed E-state index contributed by atoms with van der Waals surface area (Å²) in [7, 11) is 0. The molecule has 0 fully saturated rings. The summed E-state index contributed by atoms with van der Waals surface area (Å²) in [5.74, 6) is -6.66. The van der Waals surface area contributed by atoms with E-state index in [-0.39, 0.29) is 5.56 Å². The Bertz CT molecular complexity index is 2620. The van der Waals surface area contributed by atoms with Crippen LogP contribution in [0.25, 0.3) is 85.0 Å². The minimum atomic E-state index is -1.72. The van der Waals surface area contributed by atoms with Gasteiger partial charge in [-0.2, -0.15) is 0 Å². The zero-order chi connectivity index (χ0) is 33.4. The van der Waals surface area contributed by atoms with E-state index in [1.807, 2.05) is 65.2 Å². The van der Waals surface area contributed by atoms with E-state index in [9.17, 15) is 17.6 Å². The van der Waals surface area contributed by atoms with Crippen LogP contribution < -0.4 is 0 Å². The normalized spacial score (nSPS) is 11.7. The van der Waals surface area contributed by atoms with Crippen LogP contribution in [0.4, 0.5) is 23.2 Å². The number of hydrogen-bond donors (Lipinski definition) is 0. The largest absolute Gasteiger partial charge is 0.309 e. The molecule has 3 heterocycles. The van der Waals surface area contributed by atoms with Crippen molar-refractivity contribution in [2.24, 2.45) is 0 Å². The Balaban J connectivity index is 1.23. The van der Waals surface area contributed by atoms with Crippen LogP contribution >= 0.6 is 22.7 Å². The molecule has 0 bridgehead atoms. The van der Waals surface area contributed by atoms with Crippen molar-refractivity contribution in [3.05, 3.63) is 144 Å². The summed E-state index contributed by atoms with van der Waals surface area (Å²) in [6.07, 6.45) is 0. The molecule has 0 saturated carbocycles. The van der Waals surface area contributed by atoms with Gasteiger partial charge in [-0.1, -0.05) is 36.4 Å². The van der Waals surface area contributed by atoms with Crippen molar-refractivity contribution in [1.82, 2.24) is 14.5 Å². The average Bonchev–Trinajstić information content (AvgIpc) is 3.85. The average molecular weight is 683 g/mol. The lowest BCUT2D eigenvalue weighted by Gasteiger charge is -2.12. The van der Waals surface area contributed by atoms with E-state index < -0.39 is 34.5 Å². The van der Waals surface area contributed by atoms with Crippen LogP contribution in [0.15, 0.2) is 109 Å². The molecule has 0 aliphatic heterocycles. The predicted octanol–water partition coefficient (Wildman–Crippen LogP) is 12.1. The van der Waals surface area contributed by atoms with Crippen molar-refractivity contribution < 1.29 is 17.6 Å². The van der Waals surface area contributed by atoms with Crippen LogP contribution in [0, 0.1) is 29.8 Å². The van der Waals surface area contributed by atoms with Gasteiger partial charge in [0.15, 0.2) is 23.3 Å². The molecule has 9 aromatic rings. The molecule has 234 valence electrons. The number of nitrogens with zero attached hydrogens (tertiary/aromatic N) is 4. The molecule has 0 aliphatic rings. The molecule has 0 radical (unpaired) electrons. The van der Waals surface area contributed by atoms with Gasteiger partial charge in [0, 0.05) is 27.6 Å². The molecular weight excluding hydrogens is 665 g/mol. The number of aromatic nitrogens is 3. The van der Waals surface area contributed by atoms with E-state index in [0.717, 1.165) is 63.4 Å². The highest BCUT2D eigenvalue weighted by molar-refractivity contribution is 7.22. The molecule has 6 aromatic carbocycles. The van der Waals surface area contributed by atoms with Crippen LogP contribution in [0.5, 0.6) is 0 Å². The van der Waals surface area contributed by atoms with Gasteiger partial charge in [0.25, 0.3) is 5.69 Å². The van der Waals surface area contributed by atoms with Crippen molar-refractivity contribution in [2.75, 3.05) is 0 Å². The molecule has 0 saturated heterocycles. The molecule has 9 rings (SSSR count). The highest BCUT2D eigenvalue weighted by Crippen LogP contribution is 2.41. The van der Waals surface area contributed by atoms with Gasteiger partial charge in [0.05, 0.1) is 43.6 Å². The number of hydrogen-bond acceptors (Lipinski definition) is 4. The monoisotopic (exact) mass is 682 g/mol. The molecule has 0 amide bonds. The smallest absolute Gasteiger partial charge is 0.262 e. The third-order valence-electron chi connectivity index (χ3n) is 8.61. The molecular formula is C39H18F4N4S2. The fraction of sp³-hybridized carbons (Fsp3) is 0. The first kappa shape index (κ1) is 29.3. The summed E-state index contributed by atoms with van der Waals surface area (Å²) >= 11 is 3.24. The number of halogens is 4. The minimum Gasteiger partial charge on any atom is -0.309 e. The maximum atomic E-state index is 14.9. The van der Waals surface area contributed by atoms with Crippen LogP contribution in [-0.2, 0) is 0 Å². The zero-order valence-corrected chi connectivity index (χ0v) is 26.6. The second-order valence-electron chi connectivity index (χ2n) is 11.4. The van der Waals surface area contributed by atoms with E-state index >= 15 is 0 Å². The van der Waals surface area contributed by atoms with Crippen molar-refractivity contribution in [1.29, 1.82) is 0 Å².